The largest absolute Gasteiger partial charge is 0.507 e. The Kier molecular flexibility index (Phi) is 5.81. The van der Waals surface area contributed by atoms with E-state index in [1.54, 1.807) is 43.8 Å². The first kappa shape index (κ1) is 17.9. The van der Waals surface area contributed by atoms with Gasteiger partial charge in [-0.15, -0.1) is 0 Å². The molecule has 1 N–H and O–H groups in total. The summed E-state index contributed by atoms with van der Waals surface area (Å²) < 4.78 is 18.6. The Bertz CT molecular complexity index is 838. The van der Waals surface area contributed by atoms with Gasteiger partial charge in [0.15, 0.2) is 0 Å². The van der Waals surface area contributed by atoms with Gasteiger partial charge in [0.05, 0.1) is 7.11 Å². The zero-order valence-electron chi connectivity index (χ0n) is 14.6. The maximum atomic E-state index is 13.2. The van der Waals surface area contributed by atoms with E-state index < -0.39 is 0 Å². The highest BCUT2D eigenvalue weighted by atomic mass is 19.1. The maximum Gasteiger partial charge on any atom is 0.127 e. The molecule has 26 heavy (non-hydrogen) atoms. The second-order valence-corrected chi connectivity index (χ2v) is 6.09. The molecule has 0 saturated carbocycles. The van der Waals surface area contributed by atoms with Gasteiger partial charge < -0.3 is 9.84 Å². The number of hydrogen-bond donors (Lipinski definition) is 1. The predicted molar refractivity (Wildman–Crippen MR) is 98.2 cm³/mol. The standard InChI is InChI=1S/C21H21FN2O2/c1-26-21-4-2-3-20(25)19(21)15-24(14-17-9-11-23-12-10-17)13-16-5-7-18(22)8-6-16/h2-12,25H,13-15H2,1H3. The first-order chi connectivity index (χ1) is 12.7. The van der Waals surface area contributed by atoms with Crippen LogP contribution >= 0.6 is 0 Å². The van der Waals surface area contributed by atoms with E-state index in [9.17, 15) is 9.50 Å². The van der Waals surface area contributed by atoms with E-state index in [4.69, 9.17) is 4.74 Å². The molecular formula is C21H21FN2O2. The van der Waals surface area contributed by atoms with Crippen molar-refractivity contribution in [3.05, 3.63) is 89.5 Å². The second-order valence-electron chi connectivity index (χ2n) is 6.09. The fourth-order valence-corrected chi connectivity index (χ4v) is 2.89. The summed E-state index contributed by atoms with van der Waals surface area (Å²) in [4.78, 5) is 6.22. The van der Waals surface area contributed by atoms with Crippen molar-refractivity contribution < 1.29 is 14.2 Å². The normalized spacial score (nSPS) is 10.9. The van der Waals surface area contributed by atoms with E-state index in [0.717, 1.165) is 16.7 Å². The number of phenolic OH excluding ortho intramolecular Hbond substituents is 1. The van der Waals surface area contributed by atoms with Crippen molar-refractivity contribution in [3.8, 4) is 11.5 Å². The molecule has 0 atom stereocenters. The topological polar surface area (TPSA) is 45.6 Å². The van der Waals surface area contributed by atoms with Crippen molar-refractivity contribution >= 4 is 0 Å². The molecule has 2 aromatic carbocycles. The lowest BCUT2D eigenvalue weighted by Gasteiger charge is -2.24. The summed E-state index contributed by atoms with van der Waals surface area (Å²) in [5, 5.41) is 10.3. The number of ether oxygens (including phenoxy) is 1. The van der Waals surface area contributed by atoms with Crippen LogP contribution in [0.2, 0.25) is 0 Å². The minimum absolute atomic E-state index is 0.197. The fourth-order valence-electron chi connectivity index (χ4n) is 2.89. The van der Waals surface area contributed by atoms with Gasteiger partial charge in [-0.25, -0.2) is 4.39 Å². The van der Waals surface area contributed by atoms with Crippen molar-refractivity contribution in [1.29, 1.82) is 0 Å². The molecule has 3 aromatic rings. The molecule has 1 heterocycles. The lowest BCUT2D eigenvalue weighted by molar-refractivity contribution is 0.239. The van der Waals surface area contributed by atoms with Crippen LogP contribution in [0.4, 0.5) is 4.39 Å². The van der Waals surface area contributed by atoms with E-state index in [0.29, 0.717) is 25.4 Å². The van der Waals surface area contributed by atoms with Gasteiger partial charge in [-0.3, -0.25) is 9.88 Å². The molecule has 0 amide bonds. The Balaban J connectivity index is 1.86. The molecule has 0 radical (unpaired) electrons. The average Bonchev–Trinajstić information content (AvgIpc) is 2.66. The highest BCUT2D eigenvalue weighted by Gasteiger charge is 2.15. The van der Waals surface area contributed by atoms with Crippen molar-refractivity contribution in [2.24, 2.45) is 0 Å². The summed E-state index contributed by atoms with van der Waals surface area (Å²) in [5.74, 6) is 0.587. The van der Waals surface area contributed by atoms with Gasteiger partial charge in [-0.2, -0.15) is 0 Å². The molecular weight excluding hydrogens is 331 g/mol. The highest BCUT2D eigenvalue weighted by Crippen LogP contribution is 2.29. The summed E-state index contributed by atoms with van der Waals surface area (Å²) in [6.45, 7) is 1.77. The molecule has 0 unspecified atom stereocenters. The minimum Gasteiger partial charge on any atom is -0.507 e. The number of nitrogens with zero attached hydrogens (tertiary/aromatic N) is 2. The average molecular weight is 352 g/mol. The summed E-state index contributed by atoms with van der Waals surface area (Å²) in [7, 11) is 1.59. The van der Waals surface area contributed by atoms with E-state index in [-0.39, 0.29) is 11.6 Å². The Morgan fingerprint density at radius 2 is 1.58 bits per heavy atom. The number of rotatable bonds is 7. The van der Waals surface area contributed by atoms with Gasteiger partial charge in [0.1, 0.15) is 17.3 Å². The summed E-state index contributed by atoms with van der Waals surface area (Å²) in [6.07, 6.45) is 3.51. The first-order valence-corrected chi connectivity index (χ1v) is 8.36. The molecule has 0 aliphatic carbocycles. The molecule has 0 spiro atoms. The van der Waals surface area contributed by atoms with Gasteiger partial charge >= 0.3 is 0 Å². The number of aromatic nitrogens is 1. The quantitative estimate of drug-likeness (QED) is 0.694. The number of benzene rings is 2. The number of hydrogen-bond acceptors (Lipinski definition) is 4. The van der Waals surface area contributed by atoms with Crippen molar-refractivity contribution in [2.75, 3.05) is 7.11 Å². The van der Waals surface area contributed by atoms with Crippen LogP contribution in [0, 0.1) is 5.82 Å². The van der Waals surface area contributed by atoms with Crippen molar-refractivity contribution in [3.63, 3.8) is 0 Å². The van der Waals surface area contributed by atoms with Crippen LogP contribution in [-0.2, 0) is 19.6 Å². The lowest BCUT2D eigenvalue weighted by Crippen LogP contribution is -2.23. The molecule has 0 fully saturated rings. The number of pyridine rings is 1. The Morgan fingerprint density at radius 3 is 2.23 bits per heavy atom. The third-order valence-electron chi connectivity index (χ3n) is 4.18. The summed E-state index contributed by atoms with van der Waals surface area (Å²) in [5.41, 5.74) is 2.83. The number of methoxy groups -OCH3 is 1. The molecule has 0 aliphatic rings. The highest BCUT2D eigenvalue weighted by molar-refractivity contribution is 5.43. The SMILES string of the molecule is COc1cccc(O)c1CN(Cc1ccncc1)Cc1ccc(F)cc1. The van der Waals surface area contributed by atoms with Crippen LogP contribution in [0.1, 0.15) is 16.7 Å². The first-order valence-electron chi connectivity index (χ1n) is 8.36. The number of halogens is 1. The van der Waals surface area contributed by atoms with Crippen molar-refractivity contribution in [2.45, 2.75) is 19.6 Å². The second kappa shape index (κ2) is 8.45. The number of aromatic hydroxyl groups is 1. The van der Waals surface area contributed by atoms with Crippen LogP contribution in [-0.4, -0.2) is 22.1 Å². The molecule has 5 heteroatoms. The van der Waals surface area contributed by atoms with Gasteiger partial charge in [-0.05, 0) is 47.5 Å². The molecule has 0 aliphatic heterocycles. The molecule has 3 rings (SSSR count). The van der Waals surface area contributed by atoms with E-state index in [2.05, 4.69) is 9.88 Å². The Hall–Kier alpha value is -2.92. The smallest absolute Gasteiger partial charge is 0.127 e. The van der Waals surface area contributed by atoms with E-state index in [1.807, 2.05) is 18.2 Å². The molecule has 134 valence electrons. The zero-order valence-corrected chi connectivity index (χ0v) is 14.6. The maximum absolute atomic E-state index is 13.2. The van der Waals surface area contributed by atoms with E-state index in [1.165, 1.54) is 12.1 Å². The van der Waals surface area contributed by atoms with Gasteiger partial charge in [0.25, 0.3) is 0 Å². The summed E-state index contributed by atoms with van der Waals surface area (Å²) >= 11 is 0. The lowest BCUT2D eigenvalue weighted by atomic mass is 10.1. The molecule has 0 bridgehead atoms. The zero-order chi connectivity index (χ0) is 18.4. The monoisotopic (exact) mass is 352 g/mol. The van der Waals surface area contributed by atoms with Gasteiger partial charge in [0, 0.05) is 37.6 Å². The van der Waals surface area contributed by atoms with Crippen molar-refractivity contribution in [1.82, 2.24) is 9.88 Å². The Labute approximate surface area is 152 Å². The molecule has 4 nitrogen and oxygen atoms in total. The minimum atomic E-state index is -0.253. The van der Waals surface area contributed by atoms with Crippen LogP contribution in [0.5, 0.6) is 11.5 Å². The molecule has 0 saturated heterocycles. The van der Waals surface area contributed by atoms with Gasteiger partial charge in [-0.1, -0.05) is 18.2 Å². The van der Waals surface area contributed by atoms with Crippen LogP contribution in [0.3, 0.4) is 0 Å². The third kappa shape index (κ3) is 4.58. The summed E-state index contributed by atoms with van der Waals surface area (Å²) in [6, 6.07) is 15.6. The predicted octanol–water partition coefficient (Wildman–Crippen LogP) is 4.14. The van der Waals surface area contributed by atoms with Gasteiger partial charge in [0.2, 0.25) is 0 Å². The molecule has 1 aromatic heterocycles. The van der Waals surface area contributed by atoms with Crippen LogP contribution < -0.4 is 4.74 Å². The third-order valence-corrected chi connectivity index (χ3v) is 4.18. The van der Waals surface area contributed by atoms with Crippen LogP contribution in [0.25, 0.3) is 0 Å². The number of phenols is 1. The van der Waals surface area contributed by atoms with Crippen LogP contribution in [0.15, 0.2) is 67.0 Å². The fraction of sp³-hybridized carbons (Fsp3) is 0.190. The Morgan fingerprint density at radius 1 is 0.923 bits per heavy atom. The van der Waals surface area contributed by atoms with E-state index >= 15 is 0 Å².